The Labute approximate surface area is 162 Å². The highest BCUT2D eigenvalue weighted by Crippen LogP contribution is 2.24. The van der Waals surface area contributed by atoms with Gasteiger partial charge >= 0.3 is 5.97 Å². The number of aromatic nitrogens is 1. The van der Waals surface area contributed by atoms with Crippen LogP contribution in [0.4, 0.5) is 0 Å². The fraction of sp³-hybridized carbons (Fsp3) is 0.200. The van der Waals surface area contributed by atoms with Crippen LogP contribution in [0.15, 0.2) is 64.9 Å². The van der Waals surface area contributed by atoms with Gasteiger partial charge in [0, 0.05) is 10.9 Å². The summed E-state index contributed by atoms with van der Waals surface area (Å²) >= 11 is 1.37. The third-order valence-corrected chi connectivity index (χ3v) is 6.61. The summed E-state index contributed by atoms with van der Waals surface area (Å²) in [5.41, 5.74) is 2.33. The van der Waals surface area contributed by atoms with E-state index in [4.69, 9.17) is 4.74 Å². The molecule has 0 amide bonds. The fourth-order valence-electron chi connectivity index (χ4n) is 2.43. The minimum absolute atomic E-state index is 0.0300. The van der Waals surface area contributed by atoms with Gasteiger partial charge in [-0.05, 0) is 25.5 Å². The average molecular weight is 402 g/mol. The molecule has 27 heavy (non-hydrogen) atoms. The predicted molar refractivity (Wildman–Crippen MR) is 106 cm³/mol. The van der Waals surface area contributed by atoms with Crippen molar-refractivity contribution in [2.24, 2.45) is 0 Å². The minimum Gasteiger partial charge on any atom is -0.461 e. The average Bonchev–Trinajstić information content (AvgIpc) is 3.17. The summed E-state index contributed by atoms with van der Waals surface area (Å²) in [7, 11) is -3.36. The van der Waals surface area contributed by atoms with Crippen LogP contribution in [-0.2, 0) is 14.6 Å². The topological polar surface area (TPSA) is 73.3 Å². The molecule has 0 N–H and O–H groups in total. The molecule has 1 aromatic heterocycles. The van der Waals surface area contributed by atoms with Gasteiger partial charge in [0.25, 0.3) is 0 Å². The largest absolute Gasteiger partial charge is 0.461 e. The molecule has 0 aliphatic carbocycles. The molecule has 0 bridgehead atoms. The number of nitrogens with zero attached hydrogens (tertiary/aromatic N) is 1. The van der Waals surface area contributed by atoms with Crippen LogP contribution in [0.25, 0.3) is 10.6 Å². The Hall–Kier alpha value is -2.51. The third kappa shape index (κ3) is 5.02. The maximum atomic E-state index is 12.2. The van der Waals surface area contributed by atoms with Gasteiger partial charge in [-0.3, -0.25) is 0 Å². The second-order valence-corrected chi connectivity index (χ2v) is 8.99. The fourth-order valence-corrected chi connectivity index (χ4v) is 4.53. The summed E-state index contributed by atoms with van der Waals surface area (Å²) in [6.45, 7) is 2.04. The van der Waals surface area contributed by atoms with E-state index < -0.39 is 15.8 Å². The normalized spacial score (nSPS) is 11.3. The van der Waals surface area contributed by atoms with Crippen LogP contribution in [0, 0.1) is 6.92 Å². The van der Waals surface area contributed by atoms with E-state index in [-0.39, 0.29) is 29.4 Å². The summed E-state index contributed by atoms with van der Waals surface area (Å²) in [6.07, 6.45) is 0.234. The Morgan fingerprint density at radius 1 is 1.07 bits per heavy atom. The molecule has 3 rings (SSSR count). The van der Waals surface area contributed by atoms with E-state index in [1.165, 1.54) is 11.3 Å². The maximum absolute atomic E-state index is 12.2. The Kier molecular flexibility index (Phi) is 6.03. The number of ether oxygens (including phenoxy) is 1. The molecule has 0 spiro atoms. The van der Waals surface area contributed by atoms with Crippen LogP contribution in [0.1, 0.15) is 22.5 Å². The summed E-state index contributed by atoms with van der Waals surface area (Å²) in [5, 5.41) is 2.40. The van der Waals surface area contributed by atoms with Crippen molar-refractivity contribution in [3.05, 3.63) is 71.2 Å². The van der Waals surface area contributed by atoms with Crippen LogP contribution in [-0.4, -0.2) is 31.7 Å². The van der Waals surface area contributed by atoms with E-state index in [1.54, 1.807) is 35.7 Å². The number of hydrogen-bond donors (Lipinski definition) is 0. The van der Waals surface area contributed by atoms with Gasteiger partial charge in [0.15, 0.2) is 15.5 Å². The Morgan fingerprint density at radius 3 is 2.48 bits per heavy atom. The molecule has 140 valence electrons. The van der Waals surface area contributed by atoms with Gasteiger partial charge in [-0.25, -0.2) is 18.2 Å². The van der Waals surface area contributed by atoms with Crippen LogP contribution >= 0.6 is 11.3 Å². The molecule has 1 heterocycles. The van der Waals surface area contributed by atoms with E-state index in [0.29, 0.717) is 0 Å². The zero-order chi connectivity index (χ0) is 19.3. The monoisotopic (exact) mass is 401 g/mol. The first-order valence-electron chi connectivity index (χ1n) is 8.43. The van der Waals surface area contributed by atoms with Crippen molar-refractivity contribution in [2.75, 3.05) is 12.4 Å². The first-order chi connectivity index (χ1) is 13.0. The van der Waals surface area contributed by atoms with Gasteiger partial charge in [-0.2, -0.15) is 0 Å². The van der Waals surface area contributed by atoms with Gasteiger partial charge < -0.3 is 4.74 Å². The highest BCUT2D eigenvalue weighted by molar-refractivity contribution is 7.91. The molecule has 0 unspecified atom stereocenters. The zero-order valence-electron chi connectivity index (χ0n) is 14.8. The summed E-state index contributed by atoms with van der Waals surface area (Å²) < 4.78 is 29.5. The molecule has 0 atom stereocenters. The van der Waals surface area contributed by atoms with E-state index >= 15 is 0 Å². The lowest BCUT2D eigenvalue weighted by atomic mass is 10.2. The third-order valence-electron chi connectivity index (χ3n) is 3.90. The molecule has 0 radical (unpaired) electrons. The molecular formula is C20H19NO4S2. The molecule has 0 saturated heterocycles. The number of rotatable bonds is 7. The number of thiazole rings is 1. The van der Waals surface area contributed by atoms with Gasteiger partial charge in [-0.15, -0.1) is 11.3 Å². The smallest absolute Gasteiger partial charge is 0.357 e. The minimum atomic E-state index is -3.36. The number of esters is 1. The van der Waals surface area contributed by atoms with Crippen molar-refractivity contribution >= 4 is 27.1 Å². The molecule has 3 aromatic rings. The Bertz CT molecular complexity index is 1010. The second kappa shape index (κ2) is 8.45. The number of hydrogen-bond acceptors (Lipinski definition) is 6. The SMILES string of the molecule is Cc1ccc(-c2nc(C(=O)OCCCS(=O)(=O)c3ccccc3)cs2)cc1. The van der Waals surface area contributed by atoms with Crippen molar-refractivity contribution in [1.82, 2.24) is 4.98 Å². The zero-order valence-corrected chi connectivity index (χ0v) is 16.4. The highest BCUT2D eigenvalue weighted by atomic mass is 32.2. The number of carbonyl (C=O) groups is 1. The number of benzene rings is 2. The predicted octanol–water partition coefficient (Wildman–Crippen LogP) is 4.14. The molecule has 0 aliphatic heterocycles. The second-order valence-electron chi connectivity index (χ2n) is 6.03. The van der Waals surface area contributed by atoms with E-state index in [2.05, 4.69) is 4.98 Å². The lowest BCUT2D eigenvalue weighted by molar-refractivity contribution is 0.0500. The van der Waals surface area contributed by atoms with E-state index in [9.17, 15) is 13.2 Å². The highest BCUT2D eigenvalue weighted by Gasteiger charge is 2.16. The molecule has 0 saturated carbocycles. The molecule has 5 nitrogen and oxygen atoms in total. The van der Waals surface area contributed by atoms with Crippen LogP contribution < -0.4 is 0 Å². The molecule has 0 fully saturated rings. The van der Waals surface area contributed by atoms with Crippen molar-refractivity contribution < 1.29 is 17.9 Å². The van der Waals surface area contributed by atoms with Crippen LogP contribution in [0.2, 0.25) is 0 Å². The quantitative estimate of drug-likeness (QED) is 0.439. The number of carbonyl (C=O) groups excluding carboxylic acids is 1. The summed E-state index contributed by atoms with van der Waals surface area (Å²) in [4.78, 5) is 16.7. The first-order valence-corrected chi connectivity index (χ1v) is 11.0. The maximum Gasteiger partial charge on any atom is 0.357 e. The van der Waals surface area contributed by atoms with Crippen LogP contribution in [0.5, 0.6) is 0 Å². The number of sulfone groups is 1. The van der Waals surface area contributed by atoms with E-state index in [0.717, 1.165) is 16.1 Å². The van der Waals surface area contributed by atoms with Crippen molar-refractivity contribution in [3.63, 3.8) is 0 Å². The Morgan fingerprint density at radius 2 is 1.78 bits per heavy atom. The standard InChI is InChI=1S/C20H19NO4S2/c1-15-8-10-16(11-9-15)19-21-18(14-26-19)20(22)25-12-5-13-27(23,24)17-6-3-2-4-7-17/h2-4,6-11,14H,5,12-13H2,1H3. The lowest BCUT2D eigenvalue weighted by Crippen LogP contribution is -2.12. The van der Waals surface area contributed by atoms with Crippen LogP contribution in [0.3, 0.4) is 0 Å². The Balaban J connectivity index is 1.52. The summed E-state index contributed by atoms with van der Waals surface area (Å²) in [5.74, 6) is -0.614. The van der Waals surface area contributed by atoms with Crippen molar-refractivity contribution in [3.8, 4) is 10.6 Å². The van der Waals surface area contributed by atoms with Crippen molar-refractivity contribution in [1.29, 1.82) is 0 Å². The van der Waals surface area contributed by atoms with Gasteiger partial charge in [0.2, 0.25) is 0 Å². The molecule has 0 aliphatic rings. The van der Waals surface area contributed by atoms with Crippen molar-refractivity contribution in [2.45, 2.75) is 18.2 Å². The van der Waals surface area contributed by atoms with E-state index in [1.807, 2.05) is 31.2 Å². The molecule has 2 aromatic carbocycles. The van der Waals surface area contributed by atoms with Gasteiger partial charge in [0.1, 0.15) is 5.01 Å². The van der Waals surface area contributed by atoms with Gasteiger partial charge in [0.05, 0.1) is 17.3 Å². The molecular weight excluding hydrogens is 382 g/mol. The summed E-state index contributed by atoms with van der Waals surface area (Å²) in [6, 6.07) is 16.1. The molecule has 7 heteroatoms. The first kappa shape index (κ1) is 19.3. The number of aryl methyl sites for hydroxylation is 1. The lowest BCUT2D eigenvalue weighted by Gasteiger charge is -2.05. The van der Waals surface area contributed by atoms with Gasteiger partial charge in [-0.1, -0.05) is 48.0 Å².